The summed E-state index contributed by atoms with van der Waals surface area (Å²) in [6.45, 7) is 6.50. The molecule has 116 valence electrons. The summed E-state index contributed by atoms with van der Waals surface area (Å²) in [6, 6.07) is 0.600. The molecule has 0 aromatic carbocycles. The van der Waals surface area contributed by atoms with Gasteiger partial charge in [0.05, 0.1) is 19.3 Å². The highest BCUT2D eigenvalue weighted by molar-refractivity contribution is 4.93. The molecule has 0 spiro atoms. The molecule has 0 aromatic heterocycles. The zero-order valence-corrected chi connectivity index (χ0v) is 13.1. The quantitative estimate of drug-likeness (QED) is 0.705. The van der Waals surface area contributed by atoms with Gasteiger partial charge in [-0.25, -0.2) is 0 Å². The van der Waals surface area contributed by atoms with E-state index in [0.29, 0.717) is 31.0 Å². The Morgan fingerprint density at radius 2 is 2.05 bits per heavy atom. The van der Waals surface area contributed by atoms with Gasteiger partial charge >= 0.3 is 0 Å². The van der Waals surface area contributed by atoms with Gasteiger partial charge in [0.15, 0.2) is 0 Å². The number of aliphatic hydroxyl groups excluding tert-OH is 1. The molecule has 0 saturated heterocycles. The van der Waals surface area contributed by atoms with Gasteiger partial charge in [-0.2, -0.15) is 0 Å². The topological polar surface area (TPSA) is 41.5 Å². The van der Waals surface area contributed by atoms with Crippen LogP contribution in [-0.4, -0.2) is 37.0 Å². The van der Waals surface area contributed by atoms with Crippen LogP contribution in [0.1, 0.15) is 46.0 Å². The van der Waals surface area contributed by atoms with Crippen LogP contribution in [0.25, 0.3) is 0 Å². The number of nitrogens with one attached hydrogen (secondary N) is 1. The predicted molar refractivity (Wildman–Crippen MR) is 82.7 cm³/mol. The summed E-state index contributed by atoms with van der Waals surface area (Å²) in [5, 5.41) is 13.4. The fourth-order valence-electron chi connectivity index (χ4n) is 3.35. The first-order valence-electron chi connectivity index (χ1n) is 8.29. The van der Waals surface area contributed by atoms with Crippen molar-refractivity contribution in [2.75, 3.05) is 19.8 Å². The second-order valence-electron chi connectivity index (χ2n) is 6.89. The molecule has 2 aliphatic carbocycles. The smallest absolute Gasteiger partial charge is 0.0897 e. The van der Waals surface area contributed by atoms with Gasteiger partial charge in [-0.05, 0) is 49.9 Å². The first-order valence-corrected chi connectivity index (χ1v) is 8.29. The van der Waals surface area contributed by atoms with Crippen LogP contribution in [0.4, 0.5) is 0 Å². The van der Waals surface area contributed by atoms with E-state index in [4.69, 9.17) is 4.74 Å². The monoisotopic (exact) mass is 281 g/mol. The van der Waals surface area contributed by atoms with Crippen molar-refractivity contribution in [3.8, 4) is 0 Å². The molecule has 1 saturated carbocycles. The molecule has 0 heterocycles. The van der Waals surface area contributed by atoms with Crippen LogP contribution in [0, 0.1) is 17.8 Å². The summed E-state index contributed by atoms with van der Waals surface area (Å²) in [4.78, 5) is 0. The van der Waals surface area contributed by atoms with Crippen LogP contribution in [0.3, 0.4) is 0 Å². The molecular weight excluding hydrogens is 250 g/mol. The molecule has 2 N–H and O–H groups in total. The van der Waals surface area contributed by atoms with Crippen LogP contribution in [-0.2, 0) is 4.74 Å². The van der Waals surface area contributed by atoms with Gasteiger partial charge in [-0.3, -0.25) is 0 Å². The lowest BCUT2D eigenvalue weighted by atomic mass is 9.85. The third-order valence-electron chi connectivity index (χ3n) is 4.90. The maximum atomic E-state index is 9.97. The van der Waals surface area contributed by atoms with Crippen molar-refractivity contribution in [2.24, 2.45) is 17.8 Å². The molecule has 1 fully saturated rings. The Labute approximate surface area is 123 Å². The molecule has 0 aromatic rings. The van der Waals surface area contributed by atoms with Crippen LogP contribution >= 0.6 is 0 Å². The lowest BCUT2D eigenvalue weighted by Crippen LogP contribution is -2.36. The lowest BCUT2D eigenvalue weighted by molar-refractivity contribution is 0.0119. The van der Waals surface area contributed by atoms with Gasteiger partial charge < -0.3 is 15.2 Å². The first-order chi connectivity index (χ1) is 9.65. The predicted octanol–water partition coefficient (Wildman–Crippen LogP) is 2.74. The number of ether oxygens (including phenoxy) is 1. The molecule has 0 aliphatic heterocycles. The summed E-state index contributed by atoms with van der Waals surface area (Å²) in [6.07, 6.45) is 10.3. The Hall–Kier alpha value is -0.380. The molecule has 2 aliphatic rings. The normalized spacial score (nSPS) is 35.4. The van der Waals surface area contributed by atoms with Crippen molar-refractivity contribution in [1.82, 2.24) is 5.32 Å². The highest BCUT2D eigenvalue weighted by Crippen LogP contribution is 2.25. The van der Waals surface area contributed by atoms with Crippen LogP contribution in [0.2, 0.25) is 0 Å². The molecular formula is C17H31NO2. The number of rotatable bonds is 7. The zero-order chi connectivity index (χ0) is 14.4. The summed E-state index contributed by atoms with van der Waals surface area (Å²) >= 11 is 0. The highest BCUT2D eigenvalue weighted by Gasteiger charge is 2.22. The fourth-order valence-corrected chi connectivity index (χ4v) is 3.35. The Morgan fingerprint density at radius 3 is 2.75 bits per heavy atom. The average molecular weight is 281 g/mol. The molecule has 0 radical (unpaired) electrons. The highest BCUT2D eigenvalue weighted by atomic mass is 16.5. The number of aliphatic hydroxyl groups is 1. The second-order valence-corrected chi connectivity index (χ2v) is 6.89. The van der Waals surface area contributed by atoms with Crippen LogP contribution < -0.4 is 5.32 Å². The van der Waals surface area contributed by atoms with E-state index in [1.165, 1.54) is 19.3 Å². The first kappa shape index (κ1) is 16.0. The summed E-state index contributed by atoms with van der Waals surface area (Å²) in [7, 11) is 0. The van der Waals surface area contributed by atoms with E-state index in [2.05, 4.69) is 31.3 Å². The van der Waals surface area contributed by atoms with E-state index in [-0.39, 0.29) is 6.10 Å². The molecule has 5 unspecified atom stereocenters. The molecule has 5 atom stereocenters. The minimum Gasteiger partial charge on any atom is -0.389 e. The maximum absolute atomic E-state index is 9.97. The Kier molecular flexibility index (Phi) is 6.53. The summed E-state index contributed by atoms with van der Waals surface area (Å²) in [5.74, 6) is 2.16. The van der Waals surface area contributed by atoms with Gasteiger partial charge in [0.2, 0.25) is 0 Å². The molecule has 20 heavy (non-hydrogen) atoms. The van der Waals surface area contributed by atoms with E-state index >= 15 is 0 Å². The van der Waals surface area contributed by atoms with Crippen LogP contribution in [0.15, 0.2) is 12.2 Å². The third kappa shape index (κ3) is 5.19. The Bertz CT molecular complexity index is 305. The van der Waals surface area contributed by atoms with Crippen molar-refractivity contribution in [3.63, 3.8) is 0 Å². The molecule has 0 bridgehead atoms. The average Bonchev–Trinajstić information content (AvgIpc) is 2.84. The van der Waals surface area contributed by atoms with E-state index in [0.717, 1.165) is 25.4 Å². The van der Waals surface area contributed by atoms with E-state index < -0.39 is 0 Å². The SMILES string of the molecule is CC1CCC(NCC(O)COCC2CC=CCC2C)C1. The minimum absolute atomic E-state index is 0.375. The number of allylic oxidation sites excluding steroid dienone is 2. The summed E-state index contributed by atoms with van der Waals surface area (Å²) in [5.41, 5.74) is 0. The molecule has 3 heteroatoms. The van der Waals surface area contributed by atoms with E-state index in [1.54, 1.807) is 0 Å². The molecule has 3 nitrogen and oxygen atoms in total. The molecule has 2 rings (SSSR count). The largest absolute Gasteiger partial charge is 0.389 e. The van der Waals surface area contributed by atoms with Crippen LogP contribution in [0.5, 0.6) is 0 Å². The second kappa shape index (κ2) is 8.16. The third-order valence-corrected chi connectivity index (χ3v) is 4.90. The van der Waals surface area contributed by atoms with Crippen molar-refractivity contribution in [3.05, 3.63) is 12.2 Å². The van der Waals surface area contributed by atoms with Crippen molar-refractivity contribution < 1.29 is 9.84 Å². The van der Waals surface area contributed by atoms with Gasteiger partial charge in [0, 0.05) is 12.6 Å². The zero-order valence-electron chi connectivity index (χ0n) is 13.1. The lowest BCUT2D eigenvalue weighted by Gasteiger charge is -2.25. The minimum atomic E-state index is -0.375. The van der Waals surface area contributed by atoms with Gasteiger partial charge in [-0.1, -0.05) is 26.0 Å². The van der Waals surface area contributed by atoms with Gasteiger partial charge in [0.1, 0.15) is 0 Å². The Morgan fingerprint density at radius 1 is 1.25 bits per heavy atom. The van der Waals surface area contributed by atoms with E-state index in [1.807, 2.05) is 0 Å². The van der Waals surface area contributed by atoms with Crippen molar-refractivity contribution >= 4 is 0 Å². The fraction of sp³-hybridized carbons (Fsp3) is 0.882. The maximum Gasteiger partial charge on any atom is 0.0897 e. The van der Waals surface area contributed by atoms with E-state index in [9.17, 15) is 5.11 Å². The summed E-state index contributed by atoms with van der Waals surface area (Å²) < 4.78 is 5.72. The Balaban J connectivity index is 1.53. The van der Waals surface area contributed by atoms with Crippen molar-refractivity contribution in [1.29, 1.82) is 0 Å². The molecule has 0 amide bonds. The number of hydrogen-bond acceptors (Lipinski definition) is 3. The number of hydrogen-bond donors (Lipinski definition) is 2. The van der Waals surface area contributed by atoms with Crippen molar-refractivity contribution in [2.45, 2.75) is 58.1 Å². The standard InChI is InChI=1S/C17H31NO2/c1-13-7-8-16(9-13)18-10-17(19)12-20-11-15-6-4-3-5-14(15)2/h3-4,13-19H,5-12H2,1-2H3. The van der Waals surface area contributed by atoms with Gasteiger partial charge in [-0.15, -0.1) is 0 Å². The van der Waals surface area contributed by atoms with Gasteiger partial charge in [0.25, 0.3) is 0 Å².